The van der Waals surface area contributed by atoms with Gasteiger partial charge in [-0.15, -0.1) is 0 Å². The molecule has 2 aliphatic carbocycles. The first kappa shape index (κ1) is 14.0. The third-order valence-corrected chi connectivity index (χ3v) is 4.77. The number of anilines is 2. The van der Waals surface area contributed by atoms with Gasteiger partial charge in [0.05, 0.1) is 4.92 Å². The zero-order valence-corrected chi connectivity index (χ0v) is 12.2. The Kier molecular flexibility index (Phi) is 3.90. The van der Waals surface area contributed by atoms with E-state index in [2.05, 4.69) is 20.6 Å². The highest BCUT2D eigenvalue weighted by Crippen LogP contribution is 2.48. The van der Waals surface area contributed by atoms with Crippen LogP contribution in [-0.4, -0.2) is 28.0 Å². The largest absolute Gasteiger partial charge is 0.364 e. The van der Waals surface area contributed by atoms with Gasteiger partial charge in [0.1, 0.15) is 6.33 Å². The molecule has 0 saturated heterocycles. The fourth-order valence-electron chi connectivity index (χ4n) is 3.83. The fraction of sp³-hybridized carbons (Fsp3) is 0.714. The summed E-state index contributed by atoms with van der Waals surface area (Å²) in [6.45, 7) is 3.24. The molecule has 1 heterocycles. The molecule has 7 nitrogen and oxygen atoms in total. The minimum Gasteiger partial charge on any atom is -0.364 e. The van der Waals surface area contributed by atoms with Gasteiger partial charge >= 0.3 is 5.69 Å². The highest BCUT2D eigenvalue weighted by atomic mass is 16.6. The minimum atomic E-state index is -0.416. The number of aromatic nitrogens is 2. The zero-order chi connectivity index (χ0) is 14.8. The maximum absolute atomic E-state index is 11.3. The van der Waals surface area contributed by atoms with Crippen LogP contribution >= 0.6 is 0 Å². The summed E-state index contributed by atoms with van der Waals surface area (Å²) in [5, 5.41) is 17.4. The lowest BCUT2D eigenvalue weighted by molar-refractivity contribution is -0.383. The molecule has 0 radical (unpaired) electrons. The summed E-state index contributed by atoms with van der Waals surface area (Å²) >= 11 is 0. The average Bonchev–Trinajstić information content (AvgIpc) is 3.07. The Morgan fingerprint density at radius 3 is 2.62 bits per heavy atom. The molecule has 3 unspecified atom stereocenters. The SMILES string of the molecule is CCNc1ncnc(NCC2CC3CCC2C3)c1[N+](=O)[O-]. The van der Waals surface area contributed by atoms with Crippen molar-refractivity contribution in [2.75, 3.05) is 23.7 Å². The van der Waals surface area contributed by atoms with Gasteiger partial charge in [0.2, 0.25) is 11.6 Å². The summed E-state index contributed by atoms with van der Waals surface area (Å²) in [5.74, 6) is 2.90. The number of nitro groups is 1. The van der Waals surface area contributed by atoms with Gasteiger partial charge < -0.3 is 10.6 Å². The normalized spacial score (nSPS) is 26.8. The van der Waals surface area contributed by atoms with E-state index >= 15 is 0 Å². The van der Waals surface area contributed by atoms with Gasteiger partial charge in [0.15, 0.2) is 0 Å². The first-order valence-electron chi connectivity index (χ1n) is 7.66. The molecule has 2 fully saturated rings. The van der Waals surface area contributed by atoms with Gasteiger partial charge in [-0.2, -0.15) is 0 Å². The summed E-state index contributed by atoms with van der Waals surface area (Å²) in [7, 11) is 0. The van der Waals surface area contributed by atoms with Crippen molar-refractivity contribution < 1.29 is 4.92 Å². The van der Waals surface area contributed by atoms with E-state index in [9.17, 15) is 10.1 Å². The molecular formula is C14H21N5O2. The van der Waals surface area contributed by atoms with E-state index in [1.54, 1.807) is 0 Å². The van der Waals surface area contributed by atoms with Crippen molar-refractivity contribution in [3.63, 3.8) is 0 Å². The van der Waals surface area contributed by atoms with Crippen LogP contribution in [0.3, 0.4) is 0 Å². The highest BCUT2D eigenvalue weighted by molar-refractivity contribution is 5.69. The molecular weight excluding hydrogens is 270 g/mol. The van der Waals surface area contributed by atoms with Crippen molar-refractivity contribution in [2.24, 2.45) is 17.8 Å². The summed E-state index contributed by atoms with van der Waals surface area (Å²) < 4.78 is 0. The topological polar surface area (TPSA) is 93.0 Å². The van der Waals surface area contributed by atoms with E-state index in [1.165, 1.54) is 32.0 Å². The van der Waals surface area contributed by atoms with E-state index in [-0.39, 0.29) is 11.5 Å². The van der Waals surface area contributed by atoms with Crippen molar-refractivity contribution in [3.8, 4) is 0 Å². The average molecular weight is 291 g/mol. The number of fused-ring (bicyclic) bond motifs is 2. The Morgan fingerprint density at radius 1 is 1.29 bits per heavy atom. The standard InChI is InChI=1S/C14H21N5O2/c1-2-15-13-12(19(20)21)14(18-8-17-13)16-7-11-6-9-3-4-10(11)5-9/h8-11H,2-7H2,1H3,(H2,15,16,17,18). The Bertz CT molecular complexity index is 536. The maximum atomic E-state index is 11.3. The maximum Gasteiger partial charge on any atom is 0.353 e. The van der Waals surface area contributed by atoms with Gasteiger partial charge in [0, 0.05) is 13.1 Å². The van der Waals surface area contributed by atoms with Crippen LogP contribution in [-0.2, 0) is 0 Å². The van der Waals surface area contributed by atoms with Crippen LogP contribution in [0.5, 0.6) is 0 Å². The summed E-state index contributed by atoms with van der Waals surface area (Å²) in [5.41, 5.74) is -0.0532. The number of nitrogens with zero attached hydrogens (tertiary/aromatic N) is 3. The molecule has 0 aromatic carbocycles. The number of rotatable bonds is 6. The molecule has 2 saturated carbocycles. The van der Waals surface area contributed by atoms with Crippen molar-refractivity contribution >= 4 is 17.3 Å². The van der Waals surface area contributed by atoms with Crippen molar-refractivity contribution in [2.45, 2.75) is 32.6 Å². The number of hydrogen-bond donors (Lipinski definition) is 2. The third-order valence-electron chi connectivity index (χ3n) is 4.77. The summed E-state index contributed by atoms with van der Waals surface area (Å²) in [6, 6.07) is 0. The van der Waals surface area contributed by atoms with Crippen LogP contribution in [0.2, 0.25) is 0 Å². The second-order valence-corrected chi connectivity index (χ2v) is 6.02. The molecule has 0 aliphatic heterocycles. The monoisotopic (exact) mass is 291 g/mol. The molecule has 7 heteroatoms. The molecule has 3 atom stereocenters. The quantitative estimate of drug-likeness (QED) is 0.618. The smallest absolute Gasteiger partial charge is 0.353 e. The highest BCUT2D eigenvalue weighted by Gasteiger charge is 2.39. The lowest BCUT2D eigenvalue weighted by Gasteiger charge is -2.22. The first-order valence-corrected chi connectivity index (χ1v) is 7.66. The molecule has 2 bridgehead atoms. The fourth-order valence-corrected chi connectivity index (χ4v) is 3.83. The molecule has 21 heavy (non-hydrogen) atoms. The van der Waals surface area contributed by atoms with E-state index in [0.717, 1.165) is 18.4 Å². The Hall–Kier alpha value is -1.92. The van der Waals surface area contributed by atoms with Crippen molar-refractivity contribution in [1.29, 1.82) is 0 Å². The van der Waals surface area contributed by atoms with Gasteiger partial charge in [-0.1, -0.05) is 6.42 Å². The third kappa shape index (κ3) is 2.77. The molecule has 0 spiro atoms. The van der Waals surface area contributed by atoms with E-state index in [0.29, 0.717) is 18.3 Å². The molecule has 0 amide bonds. The lowest BCUT2D eigenvalue weighted by atomic mass is 9.89. The van der Waals surface area contributed by atoms with Gasteiger partial charge in [-0.25, -0.2) is 9.97 Å². The van der Waals surface area contributed by atoms with E-state index < -0.39 is 4.92 Å². The van der Waals surface area contributed by atoms with Gasteiger partial charge in [0.25, 0.3) is 0 Å². The van der Waals surface area contributed by atoms with Gasteiger partial charge in [-0.3, -0.25) is 10.1 Å². The first-order chi connectivity index (χ1) is 10.2. The second-order valence-electron chi connectivity index (χ2n) is 6.02. The van der Waals surface area contributed by atoms with Gasteiger partial charge in [-0.05, 0) is 43.9 Å². The molecule has 2 aliphatic rings. The molecule has 114 valence electrons. The van der Waals surface area contributed by atoms with Crippen molar-refractivity contribution in [1.82, 2.24) is 9.97 Å². The zero-order valence-electron chi connectivity index (χ0n) is 12.2. The lowest BCUT2D eigenvalue weighted by Crippen LogP contribution is -2.21. The molecule has 1 aromatic rings. The predicted octanol–water partition coefficient (Wildman–Crippen LogP) is 2.66. The summed E-state index contributed by atoms with van der Waals surface area (Å²) in [6.07, 6.45) is 6.62. The molecule has 3 rings (SSSR count). The number of nitrogens with one attached hydrogen (secondary N) is 2. The van der Waals surface area contributed by atoms with Crippen LogP contribution in [0, 0.1) is 27.9 Å². The minimum absolute atomic E-state index is 0.0532. The van der Waals surface area contributed by atoms with Crippen LogP contribution in [0.25, 0.3) is 0 Å². The molecule has 1 aromatic heterocycles. The Morgan fingerprint density at radius 2 is 2.05 bits per heavy atom. The van der Waals surface area contributed by atoms with Crippen LogP contribution in [0.15, 0.2) is 6.33 Å². The van der Waals surface area contributed by atoms with Crippen LogP contribution < -0.4 is 10.6 Å². The van der Waals surface area contributed by atoms with Crippen LogP contribution in [0.1, 0.15) is 32.6 Å². The second kappa shape index (κ2) is 5.83. The number of hydrogen-bond acceptors (Lipinski definition) is 6. The predicted molar refractivity (Wildman–Crippen MR) is 80.3 cm³/mol. The molecule has 2 N–H and O–H groups in total. The van der Waals surface area contributed by atoms with Crippen LogP contribution in [0.4, 0.5) is 17.3 Å². The Labute approximate surface area is 123 Å². The van der Waals surface area contributed by atoms with E-state index in [1.807, 2.05) is 6.92 Å². The summed E-state index contributed by atoms with van der Waals surface area (Å²) in [4.78, 5) is 18.9. The van der Waals surface area contributed by atoms with E-state index in [4.69, 9.17) is 0 Å². The Balaban J connectivity index is 1.72. The van der Waals surface area contributed by atoms with Crippen molar-refractivity contribution in [3.05, 3.63) is 16.4 Å².